The van der Waals surface area contributed by atoms with E-state index in [0.29, 0.717) is 15.4 Å². The molecule has 0 unspecified atom stereocenters. The lowest BCUT2D eigenvalue weighted by Gasteiger charge is -2.23. The van der Waals surface area contributed by atoms with Crippen molar-refractivity contribution in [2.24, 2.45) is 0 Å². The van der Waals surface area contributed by atoms with Gasteiger partial charge in [0.2, 0.25) is 5.91 Å². The molecule has 7 nitrogen and oxygen atoms in total. The number of likely N-dealkylation sites (tertiary alicyclic amines) is 1. The molecule has 1 aliphatic rings. The number of thiophene rings is 1. The summed E-state index contributed by atoms with van der Waals surface area (Å²) >= 11 is 1.11. The van der Waals surface area contributed by atoms with Gasteiger partial charge < -0.3 is 15.4 Å². The first-order chi connectivity index (χ1) is 13.0. The Kier molecular flexibility index (Phi) is 8.24. The van der Waals surface area contributed by atoms with E-state index in [9.17, 15) is 14.4 Å². The number of nitrogens with one attached hydrogen (secondary N) is 2. The molecule has 1 aromatic heterocycles. The number of hydrogen-bond donors (Lipinski definition) is 2. The summed E-state index contributed by atoms with van der Waals surface area (Å²) in [5.41, 5.74) is 0.792. The van der Waals surface area contributed by atoms with Gasteiger partial charge in [-0.3, -0.25) is 14.5 Å². The highest BCUT2D eigenvalue weighted by atomic mass is 32.1. The molecular formula is C19H29N3O4S. The van der Waals surface area contributed by atoms with Crippen LogP contribution >= 0.6 is 11.3 Å². The Bertz CT molecular complexity index is 679. The quantitative estimate of drug-likeness (QED) is 0.723. The maximum Gasteiger partial charge on any atom is 0.341 e. The standard InChI is InChI=1S/C19H29N3O4S/c1-4-26-19(25)15-13(2)16(17(24)20-3)27-18(15)21-14(23)12-22-10-8-6-5-7-9-11-22/h4-12H2,1-3H3,(H,20,24)(H,21,23). The Balaban J connectivity index is 2.16. The first kappa shape index (κ1) is 21.4. The van der Waals surface area contributed by atoms with E-state index in [0.717, 1.165) is 37.3 Å². The van der Waals surface area contributed by atoms with Crippen LogP contribution in [-0.2, 0) is 9.53 Å². The van der Waals surface area contributed by atoms with Crippen LogP contribution in [0.2, 0.25) is 0 Å². The smallest absolute Gasteiger partial charge is 0.341 e. The van der Waals surface area contributed by atoms with E-state index < -0.39 is 5.97 Å². The van der Waals surface area contributed by atoms with Crippen LogP contribution in [-0.4, -0.2) is 56.0 Å². The summed E-state index contributed by atoms with van der Waals surface area (Å²) in [7, 11) is 1.53. The fraction of sp³-hybridized carbons (Fsp3) is 0.632. The molecule has 1 aliphatic heterocycles. The Morgan fingerprint density at radius 1 is 1.11 bits per heavy atom. The lowest BCUT2D eigenvalue weighted by atomic mass is 10.1. The molecule has 0 atom stereocenters. The molecule has 2 heterocycles. The average molecular weight is 396 g/mol. The third-order valence-electron chi connectivity index (χ3n) is 4.63. The molecule has 27 heavy (non-hydrogen) atoms. The van der Waals surface area contributed by atoms with Crippen molar-refractivity contribution < 1.29 is 19.1 Å². The third kappa shape index (κ3) is 5.77. The molecule has 0 radical (unpaired) electrons. The highest BCUT2D eigenvalue weighted by Gasteiger charge is 2.26. The van der Waals surface area contributed by atoms with Gasteiger partial charge in [0.05, 0.1) is 23.6 Å². The zero-order valence-electron chi connectivity index (χ0n) is 16.4. The molecule has 0 saturated carbocycles. The number of carbonyl (C=O) groups is 3. The maximum absolute atomic E-state index is 12.6. The Morgan fingerprint density at radius 3 is 2.33 bits per heavy atom. The Morgan fingerprint density at radius 2 is 1.74 bits per heavy atom. The predicted octanol–water partition coefficient (Wildman–Crippen LogP) is 2.80. The average Bonchev–Trinajstić information content (AvgIpc) is 2.92. The lowest BCUT2D eigenvalue weighted by molar-refractivity contribution is -0.117. The normalized spacial score (nSPS) is 15.5. The van der Waals surface area contributed by atoms with Gasteiger partial charge in [0.15, 0.2) is 0 Å². The summed E-state index contributed by atoms with van der Waals surface area (Å²) in [6.07, 6.45) is 5.86. The van der Waals surface area contributed by atoms with Crippen molar-refractivity contribution in [2.75, 3.05) is 38.6 Å². The van der Waals surface area contributed by atoms with E-state index in [2.05, 4.69) is 15.5 Å². The topological polar surface area (TPSA) is 87.7 Å². The van der Waals surface area contributed by atoms with Gasteiger partial charge in [-0.05, 0) is 45.3 Å². The number of nitrogens with zero attached hydrogens (tertiary/aromatic N) is 1. The summed E-state index contributed by atoms with van der Waals surface area (Å²) in [4.78, 5) is 39.6. The van der Waals surface area contributed by atoms with Gasteiger partial charge in [0.1, 0.15) is 5.00 Å². The van der Waals surface area contributed by atoms with E-state index in [4.69, 9.17) is 4.74 Å². The van der Waals surface area contributed by atoms with Crippen LogP contribution in [0.15, 0.2) is 0 Å². The zero-order chi connectivity index (χ0) is 19.8. The van der Waals surface area contributed by atoms with Crippen LogP contribution in [0.25, 0.3) is 0 Å². The maximum atomic E-state index is 12.6. The molecular weight excluding hydrogens is 366 g/mol. The third-order valence-corrected chi connectivity index (χ3v) is 5.83. The fourth-order valence-corrected chi connectivity index (χ4v) is 4.38. The van der Waals surface area contributed by atoms with Gasteiger partial charge >= 0.3 is 5.97 Å². The van der Waals surface area contributed by atoms with E-state index in [1.54, 1.807) is 13.8 Å². The van der Waals surface area contributed by atoms with Gasteiger partial charge in [-0.1, -0.05) is 19.3 Å². The number of ether oxygens (including phenoxy) is 1. The molecule has 2 N–H and O–H groups in total. The first-order valence-corrected chi connectivity index (χ1v) is 10.3. The molecule has 8 heteroatoms. The molecule has 0 bridgehead atoms. The molecule has 1 fully saturated rings. The fourth-order valence-electron chi connectivity index (χ4n) is 3.22. The SMILES string of the molecule is CCOC(=O)c1c(NC(=O)CN2CCCCCCC2)sc(C(=O)NC)c1C. The lowest BCUT2D eigenvalue weighted by Crippen LogP contribution is -2.35. The highest BCUT2D eigenvalue weighted by Crippen LogP contribution is 2.33. The second-order valence-corrected chi connectivity index (χ2v) is 7.67. The van der Waals surface area contributed by atoms with E-state index in [1.807, 2.05) is 0 Å². The van der Waals surface area contributed by atoms with Gasteiger partial charge in [-0.15, -0.1) is 11.3 Å². The predicted molar refractivity (Wildman–Crippen MR) is 107 cm³/mol. The number of rotatable bonds is 6. The van der Waals surface area contributed by atoms with Crippen molar-refractivity contribution in [1.82, 2.24) is 10.2 Å². The summed E-state index contributed by atoms with van der Waals surface area (Å²) in [5, 5.41) is 5.77. The molecule has 0 aliphatic carbocycles. The second kappa shape index (κ2) is 10.4. The molecule has 0 spiro atoms. The van der Waals surface area contributed by atoms with Crippen molar-refractivity contribution in [3.8, 4) is 0 Å². The van der Waals surface area contributed by atoms with Crippen LogP contribution in [0.4, 0.5) is 5.00 Å². The minimum Gasteiger partial charge on any atom is -0.462 e. The number of hydrogen-bond acceptors (Lipinski definition) is 6. The van der Waals surface area contributed by atoms with Crippen LogP contribution in [0.1, 0.15) is 64.6 Å². The van der Waals surface area contributed by atoms with E-state index >= 15 is 0 Å². The summed E-state index contributed by atoms with van der Waals surface area (Å²) in [6.45, 7) is 5.75. The van der Waals surface area contributed by atoms with Crippen molar-refractivity contribution in [2.45, 2.75) is 46.0 Å². The molecule has 2 rings (SSSR count). The molecule has 0 aromatic carbocycles. The van der Waals surface area contributed by atoms with Crippen LogP contribution in [0.3, 0.4) is 0 Å². The number of anilines is 1. The Labute approximate surface area is 164 Å². The number of carbonyl (C=O) groups excluding carboxylic acids is 3. The number of esters is 1. The van der Waals surface area contributed by atoms with Gasteiger partial charge in [-0.25, -0.2) is 4.79 Å². The molecule has 150 valence electrons. The van der Waals surface area contributed by atoms with Gasteiger partial charge in [0, 0.05) is 7.05 Å². The minimum absolute atomic E-state index is 0.175. The largest absolute Gasteiger partial charge is 0.462 e. The van der Waals surface area contributed by atoms with Crippen LogP contribution < -0.4 is 10.6 Å². The second-order valence-electron chi connectivity index (χ2n) is 6.65. The van der Waals surface area contributed by atoms with Gasteiger partial charge in [-0.2, -0.15) is 0 Å². The summed E-state index contributed by atoms with van der Waals surface area (Å²) in [6, 6.07) is 0. The minimum atomic E-state index is -0.525. The number of amides is 2. The molecule has 1 saturated heterocycles. The summed E-state index contributed by atoms with van der Waals surface area (Å²) < 4.78 is 5.11. The monoisotopic (exact) mass is 395 g/mol. The zero-order valence-corrected chi connectivity index (χ0v) is 17.2. The van der Waals surface area contributed by atoms with Crippen molar-refractivity contribution in [3.05, 3.63) is 16.0 Å². The summed E-state index contributed by atoms with van der Waals surface area (Å²) in [5.74, 6) is -0.985. The first-order valence-electron chi connectivity index (χ1n) is 9.52. The molecule has 1 aromatic rings. The van der Waals surface area contributed by atoms with E-state index in [-0.39, 0.29) is 30.5 Å². The van der Waals surface area contributed by atoms with Crippen LogP contribution in [0, 0.1) is 6.92 Å². The van der Waals surface area contributed by atoms with E-state index in [1.165, 1.54) is 26.3 Å². The van der Waals surface area contributed by atoms with Gasteiger partial charge in [0.25, 0.3) is 5.91 Å². The highest BCUT2D eigenvalue weighted by molar-refractivity contribution is 7.18. The van der Waals surface area contributed by atoms with Crippen molar-refractivity contribution in [1.29, 1.82) is 0 Å². The van der Waals surface area contributed by atoms with Crippen molar-refractivity contribution in [3.63, 3.8) is 0 Å². The van der Waals surface area contributed by atoms with Crippen LogP contribution in [0.5, 0.6) is 0 Å². The van der Waals surface area contributed by atoms with Crippen molar-refractivity contribution >= 4 is 34.1 Å². The molecule has 2 amide bonds. The Hall–Kier alpha value is -1.93.